The van der Waals surface area contributed by atoms with Gasteiger partial charge in [-0.3, -0.25) is 9.59 Å². The molecule has 0 aliphatic carbocycles. The molecule has 0 radical (unpaired) electrons. The Morgan fingerprint density at radius 3 is 2.19 bits per heavy atom. The lowest BCUT2D eigenvalue weighted by molar-refractivity contribution is -0.227. The quantitative estimate of drug-likeness (QED) is 0.295. The summed E-state index contributed by atoms with van der Waals surface area (Å²) >= 11 is 3.26. The van der Waals surface area contributed by atoms with Crippen molar-refractivity contribution in [3.05, 3.63) is 10.6 Å². The first-order chi connectivity index (χ1) is 16.9. The lowest BCUT2D eigenvalue weighted by Crippen LogP contribution is -2.58. The summed E-state index contributed by atoms with van der Waals surface area (Å²) in [6.45, 7) is 7.47. The summed E-state index contributed by atoms with van der Waals surface area (Å²) in [7, 11) is 1.27. The summed E-state index contributed by atoms with van der Waals surface area (Å²) < 4.78 is 16.9. The molecule has 2 aliphatic heterocycles. The van der Waals surface area contributed by atoms with Gasteiger partial charge >= 0.3 is 6.09 Å². The van der Waals surface area contributed by atoms with E-state index >= 15 is 0 Å². The second kappa shape index (κ2) is 13.5. The molecule has 9 nitrogen and oxygen atoms in total. The molecule has 0 unspecified atom stereocenters. The van der Waals surface area contributed by atoms with Gasteiger partial charge in [-0.15, -0.1) is 0 Å². The first kappa shape index (κ1) is 30.9. The standard InChI is InChI=1S/C26H42BrNO8/c1-17(2)22-25(3,4)36-24(32)28(22)23(31)21(34-5)20-18(30)16-19(27)26(33,35-20)14-12-10-8-6-7-9-11-13-15-29/h16-17,20-22,29,33H,6-15H2,1-5H3/t20-,21+,22+,26-/m1/s1. The van der Waals surface area contributed by atoms with Gasteiger partial charge in [0.2, 0.25) is 0 Å². The number of aliphatic hydroxyl groups is 2. The Labute approximate surface area is 222 Å². The average molecular weight is 577 g/mol. The van der Waals surface area contributed by atoms with Crippen molar-refractivity contribution in [3.63, 3.8) is 0 Å². The number of ketones is 1. The Morgan fingerprint density at radius 2 is 1.67 bits per heavy atom. The summed E-state index contributed by atoms with van der Waals surface area (Å²) in [4.78, 5) is 40.0. The SMILES string of the molecule is CO[C@H](C(=O)N1C(=O)OC(C)(C)[C@@H]1C(C)C)[C@@H]1O[C@](O)(CCCCCCCCCCO)C(Br)=CC1=O. The highest BCUT2D eigenvalue weighted by Crippen LogP contribution is 2.38. The minimum Gasteiger partial charge on any atom is -0.441 e. The Balaban J connectivity index is 2.05. The van der Waals surface area contributed by atoms with Gasteiger partial charge in [0.05, 0.1) is 10.5 Å². The molecule has 10 heteroatoms. The molecule has 2 amide bonds. The van der Waals surface area contributed by atoms with E-state index in [1.807, 2.05) is 13.8 Å². The molecule has 0 aromatic heterocycles. The molecule has 0 aromatic carbocycles. The van der Waals surface area contributed by atoms with Crippen molar-refractivity contribution in [2.24, 2.45) is 5.92 Å². The summed E-state index contributed by atoms with van der Waals surface area (Å²) in [6.07, 6.45) is 5.49. The zero-order chi connectivity index (χ0) is 27.1. The second-order valence-electron chi connectivity index (χ2n) is 10.5. The highest BCUT2D eigenvalue weighted by atomic mass is 79.9. The van der Waals surface area contributed by atoms with Crippen LogP contribution >= 0.6 is 15.9 Å². The van der Waals surface area contributed by atoms with E-state index < -0.39 is 47.4 Å². The maximum absolute atomic E-state index is 13.5. The van der Waals surface area contributed by atoms with Crippen molar-refractivity contribution in [3.8, 4) is 0 Å². The predicted molar refractivity (Wildman–Crippen MR) is 137 cm³/mol. The van der Waals surface area contributed by atoms with E-state index in [1.165, 1.54) is 13.2 Å². The first-order valence-corrected chi connectivity index (χ1v) is 13.7. The summed E-state index contributed by atoms with van der Waals surface area (Å²) in [5, 5.41) is 20.0. The molecule has 0 aromatic rings. The van der Waals surface area contributed by atoms with E-state index in [1.54, 1.807) is 13.8 Å². The zero-order valence-electron chi connectivity index (χ0n) is 22.1. The van der Waals surface area contributed by atoms with Crippen molar-refractivity contribution in [2.75, 3.05) is 13.7 Å². The van der Waals surface area contributed by atoms with Gasteiger partial charge in [-0.25, -0.2) is 9.69 Å². The lowest BCUT2D eigenvalue weighted by Gasteiger charge is -2.38. The summed E-state index contributed by atoms with van der Waals surface area (Å²) in [5.74, 6) is -3.15. The third-order valence-corrected chi connectivity index (χ3v) is 7.70. The highest BCUT2D eigenvalue weighted by molar-refractivity contribution is 9.11. The number of cyclic esters (lactones) is 1. The average Bonchev–Trinajstić information content (AvgIpc) is 3.04. The minimum atomic E-state index is -1.78. The van der Waals surface area contributed by atoms with Crippen molar-refractivity contribution in [2.45, 2.75) is 115 Å². The van der Waals surface area contributed by atoms with Crippen LogP contribution < -0.4 is 0 Å². The number of imide groups is 1. The Kier molecular flexibility index (Phi) is 11.6. The smallest absolute Gasteiger partial charge is 0.417 e. The number of carbonyl (C=O) groups is 3. The van der Waals surface area contributed by atoms with Crippen LogP contribution in [0.1, 0.15) is 85.5 Å². The maximum atomic E-state index is 13.5. The number of ether oxygens (including phenoxy) is 3. The van der Waals surface area contributed by atoms with Gasteiger partial charge < -0.3 is 24.4 Å². The van der Waals surface area contributed by atoms with Gasteiger partial charge in [0.25, 0.3) is 5.91 Å². The number of hydrogen-bond acceptors (Lipinski definition) is 8. The molecular formula is C26H42BrNO8. The topological polar surface area (TPSA) is 123 Å². The normalized spacial score (nSPS) is 26.8. The summed E-state index contributed by atoms with van der Waals surface area (Å²) in [6, 6.07) is -0.557. The molecule has 4 atom stereocenters. The van der Waals surface area contributed by atoms with Crippen molar-refractivity contribution < 1.29 is 38.8 Å². The molecule has 2 heterocycles. The van der Waals surface area contributed by atoms with E-state index in [0.29, 0.717) is 6.42 Å². The van der Waals surface area contributed by atoms with Crippen LogP contribution in [0.3, 0.4) is 0 Å². The van der Waals surface area contributed by atoms with Crippen LogP contribution in [0.5, 0.6) is 0 Å². The number of halogens is 1. The largest absolute Gasteiger partial charge is 0.441 e. The fraction of sp³-hybridized carbons (Fsp3) is 0.808. The third-order valence-electron chi connectivity index (χ3n) is 6.85. The number of amides is 2. The lowest BCUT2D eigenvalue weighted by atomic mass is 9.88. The first-order valence-electron chi connectivity index (χ1n) is 12.9. The number of aliphatic hydroxyl groups excluding tert-OH is 1. The summed E-state index contributed by atoms with van der Waals surface area (Å²) in [5.41, 5.74) is -0.904. The Bertz CT molecular complexity index is 814. The Morgan fingerprint density at radius 1 is 1.11 bits per heavy atom. The van der Waals surface area contributed by atoms with E-state index in [-0.39, 0.29) is 23.4 Å². The van der Waals surface area contributed by atoms with Gasteiger partial charge in [-0.05, 0) is 54.6 Å². The molecule has 0 saturated carbocycles. The number of methoxy groups -OCH3 is 1. The number of nitrogens with zero attached hydrogens (tertiary/aromatic N) is 1. The molecule has 0 bridgehead atoms. The van der Waals surface area contributed by atoms with Crippen LogP contribution in [-0.4, -0.2) is 76.3 Å². The second-order valence-corrected chi connectivity index (χ2v) is 11.4. The number of hydrogen-bond donors (Lipinski definition) is 2. The molecule has 206 valence electrons. The maximum Gasteiger partial charge on any atom is 0.417 e. The number of unbranched alkanes of at least 4 members (excludes halogenated alkanes) is 7. The van der Waals surface area contributed by atoms with Crippen LogP contribution in [0.4, 0.5) is 4.79 Å². The van der Waals surface area contributed by atoms with Crippen molar-refractivity contribution in [1.82, 2.24) is 4.90 Å². The van der Waals surface area contributed by atoms with E-state index in [4.69, 9.17) is 19.3 Å². The monoisotopic (exact) mass is 575 g/mol. The van der Waals surface area contributed by atoms with E-state index in [0.717, 1.165) is 49.8 Å². The Hall–Kier alpha value is -1.33. The number of rotatable bonds is 14. The fourth-order valence-electron chi connectivity index (χ4n) is 5.15. The number of carbonyl (C=O) groups excluding carboxylic acids is 3. The minimum absolute atomic E-state index is 0.100. The zero-order valence-corrected chi connectivity index (χ0v) is 23.7. The van der Waals surface area contributed by atoms with Gasteiger partial charge in [0.15, 0.2) is 23.8 Å². The third kappa shape index (κ3) is 7.37. The molecule has 36 heavy (non-hydrogen) atoms. The fourth-order valence-corrected chi connectivity index (χ4v) is 5.67. The van der Waals surface area contributed by atoms with Crippen LogP contribution in [0.15, 0.2) is 10.6 Å². The van der Waals surface area contributed by atoms with Gasteiger partial charge in [0.1, 0.15) is 5.60 Å². The van der Waals surface area contributed by atoms with E-state index in [9.17, 15) is 19.5 Å². The molecule has 2 rings (SSSR count). The molecular weight excluding hydrogens is 534 g/mol. The molecule has 2 N–H and O–H groups in total. The highest BCUT2D eigenvalue weighted by Gasteiger charge is 2.55. The van der Waals surface area contributed by atoms with E-state index in [2.05, 4.69) is 15.9 Å². The van der Waals surface area contributed by atoms with Crippen molar-refractivity contribution >= 4 is 33.7 Å². The molecule has 0 spiro atoms. The predicted octanol–water partition coefficient (Wildman–Crippen LogP) is 4.22. The van der Waals surface area contributed by atoms with Gasteiger partial charge in [-0.2, -0.15) is 0 Å². The van der Waals surface area contributed by atoms with Crippen LogP contribution in [0.25, 0.3) is 0 Å². The van der Waals surface area contributed by atoms with Crippen LogP contribution in [-0.2, 0) is 23.8 Å². The van der Waals surface area contributed by atoms with Crippen LogP contribution in [0.2, 0.25) is 0 Å². The van der Waals surface area contributed by atoms with Gasteiger partial charge in [0, 0.05) is 20.1 Å². The molecule has 1 saturated heterocycles. The van der Waals surface area contributed by atoms with Gasteiger partial charge in [-0.1, -0.05) is 52.4 Å². The van der Waals surface area contributed by atoms with Crippen molar-refractivity contribution in [1.29, 1.82) is 0 Å². The molecule has 2 aliphatic rings. The van der Waals surface area contributed by atoms with Crippen LogP contribution in [0, 0.1) is 5.92 Å². The molecule has 1 fully saturated rings.